The van der Waals surface area contributed by atoms with Crippen LogP contribution >= 0.6 is 0 Å². The minimum Gasteiger partial charge on any atom is -0.493 e. The molecule has 8 nitrogen and oxygen atoms in total. The van der Waals surface area contributed by atoms with Gasteiger partial charge in [0, 0.05) is 29.0 Å². The molecular formula is C25H24N4O4. The number of fused-ring (bicyclic) bond motifs is 2. The minimum atomic E-state index is 0.515. The zero-order valence-electron chi connectivity index (χ0n) is 18.9. The predicted octanol–water partition coefficient (Wildman–Crippen LogP) is 4.97. The standard InChI is InChI=1S/C25H24N4O4/c1-5-33-22-13-18(16-7-6-15-8-9-26-19(15)10-16)14-29-24(27-28-25(22)29)17-11-20(30-2)23(32-4)21(12-17)31-3/h6-14,26H,5H2,1-4H3. The average Bonchev–Trinajstić information content (AvgIpc) is 3.49. The third-order valence-corrected chi connectivity index (χ3v) is 5.58. The molecule has 5 aromatic rings. The number of nitrogens with one attached hydrogen (secondary N) is 1. The Morgan fingerprint density at radius 1 is 0.818 bits per heavy atom. The molecule has 3 aromatic heterocycles. The van der Waals surface area contributed by atoms with Crippen LogP contribution in [0.3, 0.4) is 0 Å². The summed E-state index contributed by atoms with van der Waals surface area (Å²) >= 11 is 0. The van der Waals surface area contributed by atoms with Gasteiger partial charge in [-0.15, -0.1) is 10.2 Å². The molecule has 2 aromatic carbocycles. The summed E-state index contributed by atoms with van der Waals surface area (Å²) in [6, 6.07) is 14.1. The van der Waals surface area contributed by atoms with E-state index in [1.807, 2.05) is 41.9 Å². The number of aromatic nitrogens is 4. The molecule has 0 amide bonds. The Balaban J connectivity index is 1.73. The highest BCUT2D eigenvalue weighted by atomic mass is 16.5. The molecule has 0 aliphatic carbocycles. The summed E-state index contributed by atoms with van der Waals surface area (Å²) < 4.78 is 24.4. The van der Waals surface area contributed by atoms with Gasteiger partial charge in [-0.05, 0) is 48.2 Å². The molecule has 0 aliphatic rings. The van der Waals surface area contributed by atoms with Crippen molar-refractivity contribution >= 4 is 16.6 Å². The Hall–Kier alpha value is -4.20. The first-order chi connectivity index (χ1) is 16.2. The van der Waals surface area contributed by atoms with Crippen molar-refractivity contribution in [1.29, 1.82) is 0 Å². The Kier molecular flexibility index (Phi) is 5.26. The molecule has 0 saturated carbocycles. The molecule has 0 unspecified atom stereocenters. The van der Waals surface area contributed by atoms with Gasteiger partial charge < -0.3 is 23.9 Å². The van der Waals surface area contributed by atoms with Crippen molar-refractivity contribution in [1.82, 2.24) is 19.6 Å². The second-order valence-corrected chi connectivity index (χ2v) is 7.44. The van der Waals surface area contributed by atoms with Gasteiger partial charge in [0.15, 0.2) is 23.1 Å². The molecule has 0 atom stereocenters. The number of ether oxygens (including phenoxy) is 4. The fourth-order valence-electron chi connectivity index (χ4n) is 4.02. The number of pyridine rings is 1. The van der Waals surface area contributed by atoms with Crippen molar-refractivity contribution in [2.24, 2.45) is 0 Å². The molecule has 0 fully saturated rings. The third-order valence-electron chi connectivity index (χ3n) is 5.58. The zero-order chi connectivity index (χ0) is 22.9. The van der Waals surface area contributed by atoms with Crippen molar-refractivity contribution in [3.05, 3.63) is 54.9 Å². The third kappa shape index (κ3) is 3.49. The number of hydrogen-bond acceptors (Lipinski definition) is 6. The summed E-state index contributed by atoms with van der Waals surface area (Å²) in [6.45, 7) is 2.46. The molecule has 1 N–H and O–H groups in total. The Bertz CT molecular complexity index is 1430. The first-order valence-electron chi connectivity index (χ1n) is 10.6. The van der Waals surface area contributed by atoms with E-state index in [9.17, 15) is 0 Å². The van der Waals surface area contributed by atoms with Gasteiger partial charge in [0.2, 0.25) is 11.4 Å². The number of aromatic amines is 1. The minimum absolute atomic E-state index is 0.515. The number of methoxy groups -OCH3 is 3. The second kappa shape index (κ2) is 8.38. The molecule has 33 heavy (non-hydrogen) atoms. The zero-order valence-corrected chi connectivity index (χ0v) is 18.9. The van der Waals surface area contributed by atoms with Crippen LogP contribution in [0.15, 0.2) is 54.9 Å². The van der Waals surface area contributed by atoms with E-state index in [4.69, 9.17) is 18.9 Å². The lowest BCUT2D eigenvalue weighted by Crippen LogP contribution is -1.99. The summed E-state index contributed by atoms with van der Waals surface area (Å²) in [6.07, 6.45) is 3.95. The predicted molar refractivity (Wildman–Crippen MR) is 127 cm³/mol. The number of nitrogens with zero attached hydrogens (tertiary/aromatic N) is 3. The molecular weight excluding hydrogens is 420 g/mol. The van der Waals surface area contributed by atoms with Crippen LogP contribution in [-0.4, -0.2) is 47.5 Å². The van der Waals surface area contributed by atoms with E-state index in [1.165, 1.54) is 0 Å². The average molecular weight is 444 g/mol. The monoisotopic (exact) mass is 444 g/mol. The van der Waals surface area contributed by atoms with Gasteiger partial charge in [0.1, 0.15) is 0 Å². The highest BCUT2D eigenvalue weighted by Crippen LogP contribution is 2.41. The molecule has 0 bridgehead atoms. The first-order valence-corrected chi connectivity index (χ1v) is 10.6. The van der Waals surface area contributed by atoms with Crippen LogP contribution in [0.4, 0.5) is 0 Å². The summed E-state index contributed by atoms with van der Waals surface area (Å²) in [5.74, 6) is 2.90. The summed E-state index contributed by atoms with van der Waals surface area (Å²) in [5, 5.41) is 10.0. The van der Waals surface area contributed by atoms with E-state index in [2.05, 4.69) is 39.4 Å². The van der Waals surface area contributed by atoms with Crippen molar-refractivity contribution in [2.75, 3.05) is 27.9 Å². The summed E-state index contributed by atoms with van der Waals surface area (Å²) in [5.41, 5.74) is 4.51. The largest absolute Gasteiger partial charge is 0.493 e. The second-order valence-electron chi connectivity index (χ2n) is 7.44. The highest BCUT2D eigenvalue weighted by molar-refractivity contribution is 5.85. The fraction of sp³-hybridized carbons (Fsp3) is 0.200. The Morgan fingerprint density at radius 2 is 1.58 bits per heavy atom. The van der Waals surface area contributed by atoms with Gasteiger partial charge in [-0.2, -0.15) is 0 Å². The number of H-pyrrole nitrogens is 1. The number of hydrogen-bond donors (Lipinski definition) is 1. The molecule has 0 saturated heterocycles. The van der Waals surface area contributed by atoms with Crippen molar-refractivity contribution in [3.8, 4) is 45.5 Å². The van der Waals surface area contributed by atoms with Crippen LogP contribution in [0.2, 0.25) is 0 Å². The molecule has 0 radical (unpaired) electrons. The molecule has 0 aliphatic heterocycles. The Morgan fingerprint density at radius 3 is 2.27 bits per heavy atom. The normalized spacial score (nSPS) is 11.2. The van der Waals surface area contributed by atoms with E-state index in [1.54, 1.807) is 21.3 Å². The van der Waals surface area contributed by atoms with Gasteiger partial charge in [-0.25, -0.2) is 0 Å². The fourth-order valence-corrected chi connectivity index (χ4v) is 4.02. The number of rotatable bonds is 7. The van der Waals surface area contributed by atoms with E-state index >= 15 is 0 Å². The van der Waals surface area contributed by atoms with Crippen molar-refractivity contribution in [3.63, 3.8) is 0 Å². The maximum atomic E-state index is 5.93. The van der Waals surface area contributed by atoms with Crippen LogP contribution in [0.1, 0.15) is 6.92 Å². The van der Waals surface area contributed by atoms with Crippen LogP contribution < -0.4 is 18.9 Å². The Labute approximate surface area is 190 Å². The smallest absolute Gasteiger partial charge is 0.203 e. The van der Waals surface area contributed by atoms with Crippen LogP contribution in [0, 0.1) is 0 Å². The summed E-state index contributed by atoms with van der Waals surface area (Å²) in [4.78, 5) is 3.27. The molecule has 3 heterocycles. The lowest BCUT2D eigenvalue weighted by molar-refractivity contribution is 0.324. The number of benzene rings is 2. The molecule has 0 spiro atoms. The first kappa shape index (κ1) is 20.7. The molecule has 168 valence electrons. The topological polar surface area (TPSA) is 82.9 Å². The van der Waals surface area contributed by atoms with Gasteiger partial charge in [-0.1, -0.05) is 12.1 Å². The molecule has 5 rings (SSSR count). The van der Waals surface area contributed by atoms with E-state index in [0.717, 1.165) is 27.6 Å². The maximum Gasteiger partial charge on any atom is 0.203 e. The van der Waals surface area contributed by atoms with Gasteiger partial charge in [-0.3, -0.25) is 4.40 Å². The van der Waals surface area contributed by atoms with E-state index < -0.39 is 0 Å². The quantitative estimate of drug-likeness (QED) is 0.382. The lowest BCUT2D eigenvalue weighted by Gasteiger charge is -2.14. The van der Waals surface area contributed by atoms with E-state index in [0.29, 0.717) is 41.1 Å². The van der Waals surface area contributed by atoms with Crippen LogP contribution in [0.5, 0.6) is 23.0 Å². The van der Waals surface area contributed by atoms with Crippen LogP contribution in [-0.2, 0) is 0 Å². The van der Waals surface area contributed by atoms with Gasteiger partial charge >= 0.3 is 0 Å². The van der Waals surface area contributed by atoms with Crippen molar-refractivity contribution < 1.29 is 18.9 Å². The van der Waals surface area contributed by atoms with Crippen molar-refractivity contribution in [2.45, 2.75) is 6.92 Å². The lowest BCUT2D eigenvalue weighted by atomic mass is 10.1. The van der Waals surface area contributed by atoms with Crippen LogP contribution in [0.25, 0.3) is 39.1 Å². The molecule has 8 heteroatoms. The maximum absolute atomic E-state index is 5.93. The van der Waals surface area contributed by atoms with E-state index in [-0.39, 0.29) is 0 Å². The SMILES string of the molecule is CCOc1cc(-c2ccc3cc[nH]c3c2)cn2c(-c3cc(OC)c(OC)c(OC)c3)nnc12. The summed E-state index contributed by atoms with van der Waals surface area (Å²) in [7, 11) is 4.75. The highest BCUT2D eigenvalue weighted by Gasteiger charge is 2.19. The van der Waals surface area contributed by atoms with Gasteiger partial charge in [0.05, 0.1) is 27.9 Å². The van der Waals surface area contributed by atoms with Gasteiger partial charge in [0.25, 0.3) is 0 Å².